The second-order valence-electron chi connectivity index (χ2n) is 8.77. The highest BCUT2D eigenvalue weighted by Gasteiger charge is 2.54. The molecule has 0 aliphatic carbocycles. The molecular formula is C25H32N4O4S. The Morgan fingerprint density at radius 3 is 2.56 bits per heavy atom. The SMILES string of the molecule is COCCCNC(=O)CN1CN(c2ccccc2)C2(CCN(C(=O)Cc3cccs3)CC2)C1=O. The number of hydrogen-bond acceptors (Lipinski definition) is 6. The number of ether oxygens (including phenoxy) is 1. The van der Waals surface area contributed by atoms with Crippen LogP contribution < -0.4 is 10.2 Å². The summed E-state index contributed by atoms with van der Waals surface area (Å²) in [6.07, 6.45) is 2.22. The number of nitrogens with zero attached hydrogens (tertiary/aromatic N) is 3. The highest BCUT2D eigenvalue weighted by molar-refractivity contribution is 7.10. The van der Waals surface area contributed by atoms with Crippen LogP contribution in [0.2, 0.25) is 0 Å². The number of para-hydroxylation sites is 1. The number of rotatable bonds is 9. The van der Waals surface area contributed by atoms with Crippen LogP contribution in [0.4, 0.5) is 5.69 Å². The molecule has 4 rings (SSSR count). The first kappa shape index (κ1) is 24.2. The van der Waals surface area contributed by atoms with Crippen LogP contribution in [0.5, 0.6) is 0 Å². The summed E-state index contributed by atoms with van der Waals surface area (Å²) in [6, 6.07) is 13.8. The molecule has 1 aromatic carbocycles. The van der Waals surface area contributed by atoms with Crippen molar-refractivity contribution in [3.63, 3.8) is 0 Å². The van der Waals surface area contributed by atoms with Gasteiger partial charge in [-0.1, -0.05) is 24.3 Å². The second kappa shape index (κ2) is 11.0. The number of amides is 3. The zero-order valence-electron chi connectivity index (χ0n) is 19.6. The van der Waals surface area contributed by atoms with Gasteiger partial charge in [0.25, 0.3) is 5.91 Å². The Bertz CT molecular complexity index is 974. The van der Waals surface area contributed by atoms with Crippen molar-refractivity contribution in [3.8, 4) is 0 Å². The zero-order valence-corrected chi connectivity index (χ0v) is 20.4. The van der Waals surface area contributed by atoms with Gasteiger partial charge < -0.3 is 24.8 Å². The minimum atomic E-state index is -0.739. The molecule has 3 amide bonds. The van der Waals surface area contributed by atoms with Gasteiger partial charge in [-0.2, -0.15) is 0 Å². The van der Waals surface area contributed by atoms with Crippen molar-refractivity contribution in [2.45, 2.75) is 31.2 Å². The van der Waals surface area contributed by atoms with E-state index in [2.05, 4.69) is 10.2 Å². The molecule has 0 saturated carbocycles. The first-order valence-corrected chi connectivity index (χ1v) is 12.6. The van der Waals surface area contributed by atoms with E-state index < -0.39 is 5.54 Å². The Morgan fingerprint density at radius 1 is 1.12 bits per heavy atom. The first-order valence-electron chi connectivity index (χ1n) is 11.7. The molecule has 3 heterocycles. The molecule has 2 saturated heterocycles. The molecule has 2 aromatic rings. The fourth-order valence-corrected chi connectivity index (χ4v) is 5.49. The summed E-state index contributed by atoms with van der Waals surface area (Å²) in [5.74, 6) is -0.104. The summed E-state index contributed by atoms with van der Waals surface area (Å²) in [7, 11) is 1.63. The Morgan fingerprint density at radius 2 is 1.88 bits per heavy atom. The lowest BCUT2D eigenvalue weighted by Gasteiger charge is -2.43. The van der Waals surface area contributed by atoms with Gasteiger partial charge in [-0.25, -0.2) is 0 Å². The fraction of sp³-hybridized carbons (Fsp3) is 0.480. The lowest BCUT2D eigenvalue weighted by molar-refractivity contribution is -0.139. The number of hydrogen-bond donors (Lipinski definition) is 1. The Hall–Kier alpha value is -2.91. The predicted octanol–water partition coefficient (Wildman–Crippen LogP) is 2.11. The number of thiophene rings is 1. The average Bonchev–Trinajstić information content (AvgIpc) is 3.45. The highest BCUT2D eigenvalue weighted by atomic mass is 32.1. The van der Waals surface area contributed by atoms with Gasteiger partial charge in [0.05, 0.1) is 13.1 Å². The molecule has 2 aliphatic rings. The van der Waals surface area contributed by atoms with Gasteiger partial charge in [0.1, 0.15) is 12.1 Å². The zero-order chi connectivity index (χ0) is 24.0. The maximum Gasteiger partial charge on any atom is 0.250 e. The van der Waals surface area contributed by atoms with Crippen molar-refractivity contribution in [1.82, 2.24) is 15.1 Å². The van der Waals surface area contributed by atoms with E-state index >= 15 is 0 Å². The molecule has 182 valence electrons. The smallest absolute Gasteiger partial charge is 0.250 e. The average molecular weight is 485 g/mol. The minimum Gasteiger partial charge on any atom is -0.385 e. The molecule has 1 N–H and O–H groups in total. The standard InChI is InChI=1S/C25H32N4O4S/c1-33-15-6-12-26-22(30)18-28-19-29(20-7-3-2-4-8-20)25(24(28)32)10-13-27(14-11-25)23(31)17-21-9-5-16-34-21/h2-5,7-9,16H,6,10-15,17-19H2,1H3,(H,26,30). The molecule has 2 aliphatic heterocycles. The number of nitrogens with one attached hydrogen (secondary N) is 1. The summed E-state index contributed by atoms with van der Waals surface area (Å²) in [4.78, 5) is 45.7. The van der Waals surface area contributed by atoms with Crippen LogP contribution in [0.25, 0.3) is 0 Å². The van der Waals surface area contributed by atoms with Crippen molar-refractivity contribution in [3.05, 3.63) is 52.7 Å². The van der Waals surface area contributed by atoms with Crippen LogP contribution in [-0.2, 0) is 25.5 Å². The van der Waals surface area contributed by atoms with E-state index in [1.165, 1.54) is 0 Å². The quantitative estimate of drug-likeness (QED) is 0.552. The lowest BCUT2D eigenvalue weighted by atomic mass is 9.85. The first-order chi connectivity index (χ1) is 16.5. The van der Waals surface area contributed by atoms with Gasteiger partial charge in [-0.15, -0.1) is 11.3 Å². The highest BCUT2D eigenvalue weighted by Crippen LogP contribution is 2.39. The summed E-state index contributed by atoms with van der Waals surface area (Å²) < 4.78 is 5.02. The Labute approximate surface area is 204 Å². The molecule has 34 heavy (non-hydrogen) atoms. The van der Waals surface area contributed by atoms with Crippen LogP contribution in [0.15, 0.2) is 47.8 Å². The molecule has 0 atom stereocenters. The number of anilines is 1. The van der Waals surface area contributed by atoms with Gasteiger partial charge >= 0.3 is 0 Å². The van der Waals surface area contributed by atoms with Crippen LogP contribution in [0.3, 0.4) is 0 Å². The third-order valence-electron chi connectivity index (χ3n) is 6.61. The Balaban J connectivity index is 1.45. The summed E-state index contributed by atoms with van der Waals surface area (Å²) in [5.41, 5.74) is 0.217. The normalized spacial score (nSPS) is 17.4. The van der Waals surface area contributed by atoms with Crippen LogP contribution >= 0.6 is 11.3 Å². The minimum absolute atomic E-state index is 0.0257. The maximum atomic E-state index is 13.7. The predicted molar refractivity (Wildman–Crippen MR) is 132 cm³/mol. The fourth-order valence-electron chi connectivity index (χ4n) is 4.80. The number of benzene rings is 1. The number of methoxy groups -OCH3 is 1. The van der Waals surface area contributed by atoms with Gasteiger partial charge in [0.15, 0.2) is 0 Å². The van der Waals surface area contributed by atoms with Crippen molar-refractivity contribution >= 4 is 34.7 Å². The van der Waals surface area contributed by atoms with Crippen molar-refractivity contribution < 1.29 is 19.1 Å². The van der Waals surface area contributed by atoms with E-state index in [-0.39, 0.29) is 24.3 Å². The molecular weight excluding hydrogens is 452 g/mol. The van der Waals surface area contributed by atoms with Crippen LogP contribution in [0.1, 0.15) is 24.1 Å². The summed E-state index contributed by atoms with van der Waals surface area (Å²) >= 11 is 1.58. The number of carbonyl (C=O) groups is 3. The van der Waals surface area contributed by atoms with E-state index in [1.807, 2.05) is 52.7 Å². The lowest BCUT2D eigenvalue weighted by Crippen LogP contribution is -2.57. The molecule has 9 heteroatoms. The van der Waals surface area contributed by atoms with Crippen molar-refractivity contribution in [2.24, 2.45) is 0 Å². The topological polar surface area (TPSA) is 82.2 Å². The van der Waals surface area contributed by atoms with E-state index in [9.17, 15) is 14.4 Å². The van der Waals surface area contributed by atoms with E-state index in [0.29, 0.717) is 52.2 Å². The third kappa shape index (κ3) is 5.26. The summed E-state index contributed by atoms with van der Waals surface area (Å²) in [6.45, 7) is 2.53. The third-order valence-corrected chi connectivity index (χ3v) is 7.49. The molecule has 0 bridgehead atoms. The van der Waals surface area contributed by atoms with E-state index in [0.717, 1.165) is 17.0 Å². The van der Waals surface area contributed by atoms with Gasteiger partial charge in [-0.05, 0) is 42.8 Å². The van der Waals surface area contributed by atoms with Crippen molar-refractivity contribution in [1.29, 1.82) is 0 Å². The van der Waals surface area contributed by atoms with E-state index in [1.54, 1.807) is 23.3 Å². The van der Waals surface area contributed by atoms with Gasteiger partial charge in [0, 0.05) is 43.9 Å². The number of piperidine rings is 1. The van der Waals surface area contributed by atoms with Gasteiger partial charge in [-0.3, -0.25) is 14.4 Å². The van der Waals surface area contributed by atoms with Crippen LogP contribution in [0, 0.1) is 0 Å². The molecule has 1 spiro atoms. The number of carbonyl (C=O) groups excluding carboxylic acids is 3. The van der Waals surface area contributed by atoms with E-state index in [4.69, 9.17) is 4.74 Å². The molecule has 0 unspecified atom stereocenters. The Kier molecular flexibility index (Phi) is 7.84. The molecule has 0 radical (unpaired) electrons. The molecule has 1 aromatic heterocycles. The monoisotopic (exact) mass is 484 g/mol. The maximum absolute atomic E-state index is 13.7. The van der Waals surface area contributed by atoms with Gasteiger partial charge in [0.2, 0.25) is 11.8 Å². The largest absolute Gasteiger partial charge is 0.385 e. The second-order valence-corrected chi connectivity index (χ2v) is 9.81. The molecule has 8 nitrogen and oxygen atoms in total. The summed E-state index contributed by atoms with van der Waals surface area (Å²) in [5, 5.41) is 4.85. The van der Waals surface area contributed by atoms with Crippen LogP contribution in [-0.4, -0.2) is 79.6 Å². The molecule has 2 fully saturated rings. The number of likely N-dealkylation sites (tertiary alicyclic amines) is 1. The van der Waals surface area contributed by atoms with Crippen molar-refractivity contribution in [2.75, 3.05) is 51.5 Å².